The second-order valence-electron chi connectivity index (χ2n) is 11.6. The fourth-order valence-electron chi connectivity index (χ4n) is 5.72. The van der Waals surface area contributed by atoms with Crippen molar-refractivity contribution in [3.05, 3.63) is 149 Å². The van der Waals surface area contributed by atoms with Crippen molar-refractivity contribution in [3.63, 3.8) is 0 Å². The molecule has 5 aromatic rings. The van der Waals surface area contributed by atoms with Gasteiger partial charge >= 0.3 is 0 Å². The number of nitriles is 1. The molecule has 0 saturated heterocycles. The lowest BCUT2D eigenvalue weighted by Gasteiger charge is -2.28. The maximum atomic E-state index is 13.5. The number of ether oxygens (including phenoxy) is 2. The molecular formula is C38H36N6O4. The quantitative estimate of drug-likeness (QED) is 0.167. The van der Waals surface area contributed by atoms with Crippen molar-refractivity contribution in [1.29, 1.82) is 5.26 Å². The van der Waals surface area contributed by atoms with Crippen LogP contribution in [0.4, 0.5) is 0 Å². The van der Waals surface area contributed by atoms with Crippen LogP contribution < -0.4 is 25.8 Å². The molecule has 1 aromatic heterocycles. The summed E-state index contributed by atoms with van der Waals surface area (Å²) in [6.07, 6.45) is 4.64. The van der Waals surface area contributed by atoms with Crippen molar-refractivity contribution in [2.75, 3.05) is 6.61 Å². The van der Waals surface area contributed by atoms with E-state index in [9.17, 15) is 9.59 Å². The first kappa shape index (κ1) is 32.0. The fourth-order valence-corrected chi connectivity index (χ4v) is 5.72. The van der Waals surface area contributed by atoms with Gasteiger partial charge < -0.3 is 30.4 Å². The molecule has 1 aliphatic heterocycles. The molecular weight excluding hydrogens is 604 g/mol. The number of primary amides is 1. The summed E-state index contributed by atoms with van der Waals surface area (Å²) in [6.45, 7) is 2.01. The largest absolute Gasteiger partial charge is 0.492 e. The van der Waals surface area contributed by atoms with Crippen molar-refractivity contribution in [2.24, 2.45) is 5.73 Å². The van der Waals surface area contributed by atoms with Gasteiger partial charge in [-0.3, -0.25) is 9.59 Å². The van der Waals surface area contributed by atoms with Gasteiger partial charge in [-0.1, -0.05) is 66.7 Å². The average Bonchev–Trinajstić information content (AvgIpc) is 3.57. The van der Waals surface area contributed by atoms with E-state index in [0.717, 1.165) is 28.1 Å². The molecule has 1 aliphatic rings. The van der Waals surface area contributed by atoms with Crippen LogP contribution in [0.1, 0.15) is 56.5 Å². The number of rotatable bonds is 13. The predicted octanol–water partition coefficient (Wildman–Crippen LogP) is 4.82. The number of fused-ring (bicyclic) bond motifs is 1. The molecule has 2 amide bonds. The minimum absolute atomic E-state index is 0.0730. The van der Waals surface area contributed by atoms with Gasteiger partial charge in [0.15, 0.2) is 0 Å². The molecule has 0 aliphatic carbocycles. The lowest BCUT2D eigenvalue weighted by molar-refractivity contribution is -0.119. The third kappa shape index (κ3) is 7.89. The third-order valence-corrected chi connectivity index (χ3v) is 8.32. The van der Waals surface area contributed by atoms with Crippen molar-refractivity contribution < 1.29 is 19.1 Å². The molecule has 6 rings (SSSR count). The number of carbonyl (C=O) groups excluding carboxylic acids is 2. The Kier molecular flexibility index (Phi) is 10.1. The van der Waals surface area contributed by atoms with Crippen molar-refractivity contribution in [2.45, 2.75) is 44.6 Å². The maximum Gasteiger partial charge on any atom is 0.255 e. The van der Waals surface area contributed by atoms with E-state index < -0.39 is 17.9 Å². The first-order chi connectivity index (χ1) is 23.5. The van der Waals surface area contributed by atoms with Crippen LogP contribution in [0.2, 0.25) is 0 Å². The number of carbonyl (C=O) groups is 2. The zero-order valence-corrected chi connectivity index (χ0v) is 26.3. The van der Waals surface area contributed by atoms with Gasteiger partial charge in [-0.25, -0.2) is 4.98 Å². The highest BCUT2D eigenvalue weighted by Gasteiger charge is 2.28. The normalized spacial score (nSPS) is 14.2. The summed E-state index contributed by atoms with van der Waals surface area (Å²) < 4.78 is 13.9. The SMILES string of the molecule is N#Cc1ccc(Cn2ccnc2CNC2CCOc3c(C(=O)NC(Cc4ccc(OCc5ccccc5)cc4)C(N)=O)cccc32)cc1. The highest BCUT2D eigenvalue weighted by Crippen LogP contribution is 2.35. The summed E-state index contributed by atoms with van der Waals surface area (Å²) in [5, 5.41) is 15.5. The molecule has 0 spiro atoms. The van der Waals surface area contributed by atoms with Gasteiger partial charge in [0.05, 0.1) is 30.3 Å². The van der Waals surface area contributed by atoms with E-state index in [1.54, 1.807) is 12.3 Å². The van der Waals surface area contributed by atoms with Gasteiger partial charge in [-0.2, -0.15) is 5.26 Å². The number of hydrogen-bond acceptors (Lipinski definition) is 7. The highest BCUT2D eigenvalue weighted by molar-refractivity contribution is 6.00. The highest BCUT2D eigenvalue weighted by atomic mass is 16.5. The zero-order valence-electron chi connectivity index (χ0n) is 26.3. The number of para-hydroxylation sites is 1. The van der Waals surface area contributed by atoms with Gasteiger partial charge in [0, 0.05) is 43.4 Å². The minimum atomic E-state index is -0.920. The number of nitrogens with one attached hydrogen (secondary N) is 2. The summed E-state index contributed by atoms with van der Waals surface area (Å²) in [4.78, 5) is 30.5. The first-order valence-corrected chi connectivity index (χ1v) is 15.8. The van der Waals surface area contributed by atoms with Crippen LogP contribution >= 0.6 is 0 Å². The van der Waals surface area contributed by atoms with Gasteiger partial charge in [0.25, 0.3) is 5.91 Å². The lowest BCUT2D eigenvalue weighted by atomic mass is 9.96. The number of nitrogens with two attached hydrogens (primary N) is 1. The molecule has 4 N–H and O–H groups in total. The summed E-state index contributed by atoms with van der Waals surface area (Å²) in [5.41, 5.74) is 10.5. The molecule has 48 heavy (non-hydrogen) atoms. The Hall–Kier alpha value is -5.92. The molecule has 2 atom stereocenters. The monoisotopic (exact) mass is 640 g/mol. The van der Waals surface area contributed by atoms with E-state index in [0.29, 0.717) is 55.4 Å². The Labute approximate surface area is 279 Å². The Bertz CT molecular complexity index is 1900. The first-order valence-electron chi connectivity index (χ1n) is 15.8. The Morgan fingerprint density at radius 3 is 2.50 bits per heavy atom. The smallest absolute Gasteiger partial charge is 0.255 e. The fraction of sp³-hybridized carbons (Fsp3) is 0.211. The van der Waals surface area contributed by atoms with Crippen molar-refractivity contribution >= 4 is 11.8 Å². The second kappa shape index (κ2) is 15.1. The van der Waals surface area contributed by atoms with E-state index in [2.05, 4.69) is 26.3 Å². The average molecular weight is 641 g/mol. The number of amides is 2. The molecule has 242 valence electrons. The maximum absolute atomic E-state index is 13.5. The van der Waals surface area contributed by atoms with Crippen LogP contribution in [0.15, 0.2) is 109 Å². The molecule has 2 heterocycles. The molecule has 4 aromatic carbocycles. The number of imidazole rings is 1. The molecule has 10 heteroatoms. The zero-order chi connectivity index (χ0) is 33.3. The molecule has 2 unspecified atom stereocenters. The van der Waals surface area contributed by atoms with Crippen LogP contribution in [0.3, 0.4) is 0 Å². The van der Waals surface area contributed by atoms with E-state index in [1.165, 1.54) is 0 Å². The van der Waals surface area contributed by atoms with E-state index >= 15 is 0 Å². The van der Waals surface area contributed by atoms with Crippen LogP contribution in [0.25, 0.3) is 0 Å². The van der Waals surface area contributed by atoms with E-state index in [-0.39, 0.29) is 12.5 Å². The summed E-state index contributed by atoms with van der Waals surface area (Å²) in [6, 6.07) is 31.4. The standard InChI is InChI=1S/C38H36N6O4/c39-22-27-9-11-28(12-10-27)24-44-19-18-41-35(44)23-42-33-17-20-47-36-31(33)7-4-8-32(36)38(46)43-34(37(40)45)21-26-13-15-30(16-14-26)48-25-29-5-2-1-3-6-29/h1-16,18-19,33-34,42H,17,20-21,23-25H2,(H2,40,45)(H,43,46). The Morgan fingerprint density at radius 2 is 1.75 bits per heavy atom. The van der Waals surface area contributed by atoms with E-state index in [1.807, 2.05) is 97.2 Å². The molecule has 0 radical (unpaired) electrons. The van der Waals surface area contributed by atoms with Gasteiger partial charge in [0.1, 0.15) is 30.0 Å². The predicted molar refractivity (Wildman–Crippen MR) is 180 cm³/mol. The Morgan fingerprint density at radius 1 is 0.979 bits per heavy atom. The summed E-state index contributed by atoms with van der Waals surface area (Å²) in [5.74, 6) is 0.990. The lowest BCUT2D eigenvalue weighted by Crippen LogP contribution is -2.46. The number of nitrogens with zero attached hydrogens (tertiary/aromatic N) is 3. The third-order valence-electron chi connectivity index (χ3n) is 8.32. The molecule has 0 fully saturated rings. The van der Waals surface area contributed by atoms with Crippen LogP contribution in [0, 0.1) is 11.3 Å². The molecule has 0 saturated carbocycles. The van der Waals surface area contributed by atoms with Crippen molar-refractivity contribution in [1.82, 2.24) is 20.2 Å². The minimum Gasteiger partial charge on any atom is -0.492 e. The topological polar surface area (TPSA) is 144 Å². The van der Waals surface area contributed by atoms with Crippen LogP contribution in [-0.2, 0) is 30.9 Å². The van der Waals surface area contributed by atoms with E-state index in [4.69, 9.17) is 20.5 Å². The van der Waals surface area contributed by atoms with Crippen LogP contribution in [-0.4, -0.2) is 34.0 Å². The second-order valence-corrected chi connectivity index (χ2v) is 11.6. The van der Waals surface area contributed by atoms with Gasteiger partial charge in [-0.15, -0.1) is 0 Å². The summed E-state index contributed by atoms with van der Waals surface area (Å²) >= 11 is 0. The van der Waals surface area contributed by atoms with Gasteiger partial charge in [-0.05, 0) is 47.0 Å². The number of hydrogen-bond donors (Lipinski definition) is 3. The number of aromatic nitrogens is 2. The molecule has 10 nitrogen and oxygen atoms in total. The number of benzene rings is 4. The van der Waals surface area contributed by atoms with Crippen molar-refractivity contribution in [3.8, 4) is 17.6 Å². The summed E-state index contributed by atoms with van der Waals surface area (Å²) in [7, 11) is 0. The molecule has 0 bridgehead atoms. The van der Waals surface area contributed by atoms with Gasteiger partial charge in [0.2, 0.25) is 5.91 Å². The van der Waals surface area contributed by atoms with Crippen LogP contribution in [0.5, 0.6) is 11.5 Å². The Balaban J connectivity index is 1.08.